The molecule has 0 aliphatic rings. The first-order valence-electron chi connectivity index (χ1n) is 7.10. The Balaban J connectivity index is 2.13. The average Bonchev–Trinajstić information content (AvgIpc) is 2.98. The van der Waals surface area contributed by atoms with Crippen molar-refractivity contribution in [2.45, 2.75) is 12.6 Å². The largest absolute Gasteiger partial charge is 0.467 e. The molecule has 1 aromatic carbocycles. The first kappa shape index (κ1) is 17.1. The highest BCUT2D eigenvalue weighted by molar-refractivity contribution is 5.94. The first-order valence-corrected chi connectivity index (χ1v) is 7.10. The highest BCUT2D eigenvalue weighted by Crippen LogP contribution is 2.24. The van der Waals surface area contributed by atoms with E-state index in [2.05, 4.69) is 5.32 Å². The standard InChI is InChI=1S/C16H19F2N3O2/c1-21(2)14(15-12(17)4-3-5-13(15)18)8-20-16(22)10-6-11(7-19)23-9-10/h3-6,9,14H,7-8,19H2,1-2H3,(H,20,22). The topological polar surface area (TPSA) is 71.5 Å². The quantitative estimate of drug-likeness (QED) is 0.853. The Morgan fingerprint density at radius 3 is 2.52 bits per heavy atom. The molecule has 1 atom stereocenters. The number of likely N-dealkylation sites (N-methyl/N-ethyl adjacent to an activating group) is 1. The number of rotatable bonds is 6. The van der Waals surface area contributed by atoms with Crippen LogP contribution in [0.5, 0.6) is 0 Å². The second-order valence-electron chi connectivity index (χ2n) is 5.33. The van der Waals surface area contributed by atoms with E-state index in [1.54, 1.807) is 19.0 Å². The predicted octanol–water partition coefficient (Wildman–Crippen LogP) is 2.05. The van der Waals surface area contributed by atoms with E-state index in [4.69, 9.17) is 10.2 Å². The molecule has 0 aliphatic heterocycles. The van der Waals surface area contributed by atoms with Crippen LogP contribution in [0, 0.1) is 11.6 Å². The van der Waals surface area contributed by atoms with Gasteiger partial charge in [-0.25, -0.2) is 8.78 Å². The zero-order chi connectivity index (χ0) is 17.0. The number of carbonyl (C=O) groups excluding carboxylic acids is 1. The Bertz CT molecular complexity index is 665. The third-order valence-electron chi connectivity index (χ3n) is 3.53. The van der Waals surface area contributed by atoms with Gasteiger partial charge in [0.1, 0.15) is 23.7 Å². The summed E-state index contributed by atoms with van der Waals surface area (Å²) in [4.78, 5) is 13.7. The molecular formula is C16H19F2N3O2. The van der Waals surface area contributed by atoms with Crippen molar-refractivity contribution in [2.75, 3.05) is 20.6 Å². The molecule has 3 N–H and O–H groups in total. The number of nitrogens with zero attached hydrogens (tertiary/aromatic N) is 1. The number of carbonyl (C=O) groups is 1. The molecule has 23 heavy (non-hydrogen) atoms. The van der Waals surface area contributed by atoms with E-state index in [1.807, 2.05) is 0 Å². The van der Waals surface area contributed by atoms with Crippen LogP contribution in [-0.4, -0.2) is 31.4 Å². The normalized spacial score (nSPS) is 12.4. The van der Waals surface area contributed by atoms with E-state index in [0.717, 1.165) is 0 Å². The summed E-state index contributed by atoms with van der Waals surface area (Å²) < 4.78 is 33.0. The van der Waals surface area contributed by atoms with Crippen LogP contribution in [-0.2, 0) is 6.54 Å². The molecule has 0 aliphatic carbocycles. The summed E-state index contributed by atoms with van der Waals surface area (Å²) in [6, 6.07) is 4.59. The van der Waals surface area contributed by atoms with Crippen LogP contribution in [0.2, 0.25) is 0 Å². The van der Waals surface area contributed by atoms with E-state index in [9.17, 15) is 13.6 Å². The molecule has 1 unspecified atom stereocenters. The zero-order valence-corrected chi connectivity index (χ0v) is 13.0. The molecular weight excluding hydrogens is 304 g/mol. The van der Waals surface area contributed by atoms with Crippen LogP contribution in [0.15, 0.2) is 34.9 Å². The maximum Gasteiger partial charge on any atom is 0.254 e. The molecule has 0 bridgehead atoms. The monoisotopic (exact) mass is 323 g/mol. The highest BCUT2D eigenvalue weighted by atomic mass is 19.1. The van der Waals surface area contributed by atoms with Gasteiger partial charge in [-0.05, 0) is 32.3 Å². The lowest BCUT2D eigenvalue weighted by Crippen LogP contribution is -2.35. The maximum absolute atomic E-state index is 13.9. The van der Waals surface area contributed by atoms with Gasteiger partial charge in [0.15, 0.2) is 0 Å². The summed E-state index contributed by atoms with van der Waals surface area (Å²) in [6.45, 7) is 0.237. The molecule has 0 radical (unpaired) electrons. The van der Waals surface area contributed by atoms with Gasteiger partial charge in [0.05, 0.1) is 18.2 Å². The minimum absolute atomic E-state index is 0.0484. The fourth-order valence-electron chi connectivity index (χ4n) is 2.27. The number of furan rings is 1. The van der Waals surface area contributed by atoms with Crippen LogP contribution < -0.4 is 11.1 Å². The summed E-state index contributed by atoms with van der Waals surface area (Å²) in [5, 5.41) is 2.66. The highest BCUT2D eigenvalue weighted by Gasteiger charge is 2.23. The fourth-order valence-corrected chi connectivity index (χ4v) is 2.27. The third-order valence-corrected chi connectivity index (χ3v) is 3.53. The van der Waals surface area contributed by atoms with Gasteiger partial charge in [-0.3, -0.25) is 4.79 Å². The molecule has 2 aromatic rings. The summed E-state index contributed by atoms with van der Waals surface area (Å²) >= 11 is 0. The summed E-state index contributed by atoms with van der Waals surface area (Å²) in [5.74, 6) is -1.20. The van der Waals surface area contributed by atoms with E-state index in [-0.39, 0.29) is 18.7 Å². The number of benzene rings is 1. The number of hydrogen-bond acceptors (Lipinski definition) is 4. The number of amides is 1. The van der Waals surface area contributed by atoms with E-state index < -0.39 is 23.6 Å². The van der Waals surface area contributed by atoms with Crippen molar-refractivity contribution in [3.8, 4) is 0 Å². The van der Waals surface area contributed by atoms with E-state index >= 15 is 0 Å². The SMILES string of the molecule is CN(C)C(CNC(=O)c1coc(CN)c1)c1c(F)cccc1F. The Kier molecular flexibility index (Phi) is 5.46. The lowest BCUT2D eigenvalue weighted by molar-refractivity contribution is 0.0940. The Hall–Kier alpha value is -2.25. The van der Waals surface area contributed by atoms with Crippen molar-refractivity contribution < 1.29 is 18.0 Å². The minimum Gasteiger partial charge on any atom is -0.467 e. The second-order valence-corrected chi connectivity index (χ2v) is 5.33. The van der Waals surface area contributed by atoms with Gasteiger partial charge < -0.3 is 20.4 Å². The van der Waals surface area contributed by atoms with Crippen molar-refractivity contribution in [1.29, 1.82) is 0 Å². The molecule has 1 heterocycles. The molecule has 2 rings (SSSR count). The van der Waals surface area contributed by atoms with Gasteiger partial charge in [-0.1, -0.05) is 6.07 Å². The van der Waals surface area contributed by atoms with Crippen molar-refractivity contribution in [2.24, 2.45) is 5.73 Å². The van der Waals surface area contributed by atoms with E-state index in [1.165, 1.54) is 30.5 Å². The Morgan fingerprint density at radius 2 is 2.00 bits per heavy atom. The smallest absolute Gasteiger partial charge is 0.254 e. The van der Waals surface area contributed by atoms with Crippen molar-refractivity contribution >= 4 is 5.91 Å². The second kappa shape index (κ2) is 7.34. The molecule has 0 saturated heterocycles. The molecule has 7 heteroatoms. The van der Waals surface area contributed by atoms with Crippen molar-refractivity contribution in [1.82, 2.24) is 10.2 Å². The molecule has 1 amide bonds. The molecule has 5 nitrogen and oxygen atoms in total. The molecule has 1 aromatic heterocycles. The molecule has 124 valence electrons. The summed E-state index contributed by atoms with van der Waals surface area (Å²) in [5.41, 5.74) is 5.66. The third kappa shape index (κ3) is 3.94. The van der Waals surface area contributed by atoms with Gasteiger partial charge in [0.2, 0.25) is 0 Å². The fraction of sp³-hybridized carbons (Fsp3) is 0.312. The number of nitrogens with two attached hydrogens (primary N) is 1. The van der Waals surface area contributed by atoms with Crippen LogP contribution >= 0.6 is 0 Å². The van der Waals surface area contributed by atoms with Crippen LogP contribution in [0.1, 0.15) is 27.7 Å². The maximum atomic E-state index is 13.9. The van der Waals surface area contributed by atoms with Crippen LogP contribution in [0.4, 0.5) is 8.78 Å². The minimum atomic E-state index is -0.647. The molecule has 0 spiro atoms. The zero-order valence-electron chi connectivity index (χ0n) is 13.0. The lowest BCUT2D eigenvalue weighted by atomic mass is 10.0. The van der Waals surface area contributed by atoms with Crippen molar-refractivity contribution in [3.05, 3.63) is 59.1 Å². The van der Waals surface area contributed by atoms with Gasteiger partial charge in [0.25, 0.3) is 5.91 Å². The number of halogens is 2. The van der Waals surface area contributed by atoms with E-state index in [0.29, 0.717) is 11.3 Å². The number of nitrogens with one attached hydrogen (secondary N) is 1. The van der Waals surface area contributed by atoms with Gasteiger partial charge in [-0.15, -0.1) is 0 Å². The predicted molar refractivity (Wildman–Crippen MR) is 81.7 cm³/mol. The first-order chi connectivity index (χ1) is 10.9. The lowest BCUT2D eigenvalue weighted by Gasteiger charge is -2.25. The van der Waals surface area contributed by atoms with Gasteiger partial charge in [0, 0.05) is 12.1 Å². The Labute approximate surface area is 133 Å². The van der Waals surface area contributed by atoms with Crippen LogP contribution in [0.25, 0.3) is 0 Å². The number of hydrogen-bond donors (Lipinski definition) is 2. The van der Waals surface area contributed by atoms with Gasteiger partial charge in [-0.2, -0.15) is 0 Å². The summed E-state index contributed by atoms with van der Waals surface area (Å²) in [6.07, 6.45) is 1.30. The van der Waals surface area contributed by atoms with Crippen molar-refractivity contribution in [3.63, 3.8) is 0 Å². The van der Waals surface area contributed by atoms with Gasteiger partial charge >= 0.3 is 0 Å². The average molecular weight is 323 g/mol. The molecule has 0 saturated carbocycles. The Morgan fingerprint density at radius 1 is 1.35 bits per heavy atom. The van der Waals surface area contributed by atoms with Crippen LogP contribution in [0.3, 0.4) is 0 Å². The summed E-state index contributed by atoms with van der Waals surface area (Å²) in [7, 11) is 3.38. The molecule has 0 fully saturated rings.